The lowest BCUT2D eigenvalue weighted by Crippen LogP contribution is -2.00. The average molecular weight is 629 g/mol. The molecular formula is C44H28N4O. The first-order chi connectivity index (χ1) is 24.3. The van der Waals surface area contributed by atoms with Crippen molar-refractivity contribution in [2.45, 2.75) is 0 Å². The third-order valence-electron chi connectivity index (χ3n) is 8.82. The molecule has 5 nitrogen and oxygen atoms in total. The van der Waals surface area contributed by atoms with Crippen molar-refractivity contribution in [3.8, 4) is 67.5 Å². The quantitative estimate of drug-likeness (QED) is 0.183. The van der Waals surface area contributed by atoms with E-state index >= 15 is 0 Å². The lowest BCUT2D eigenvalue weighted by molar-refractivity contribution is 0.671. The molecule has 0 unspecified atom stereocenters. The van der Waals surface area contributed by atoms with Crippen LogP contribution in [0, 0.1) is 0 Å². The van der Waals surface area contributed by atoms with Crippen molar-refractivity contribution in [1.82, 2.24) is 19.9 Å². The lowest BCUT2D eigenvalue weighted by Gasteiger charge is -2.11. The summed E-state index contributed by atoms with van der Waals surface area (Å²) in [5.74, 6) is 1.79. The fourth-order valence-corrected chi connectivity index (χ4v) is 6.48. The van der Waals surface area contributed by atoms with Gasteiger partial charge in [0.1, 0.15) is 11.2 Å². The Hall–Kier alpha value is -6.72. The van der Waals surface area contributed by atoms with Crippen molar-refractivity contribution >= 4 is 21.9 Å². The van der Waals surface area contributed by atoms with E-state index in [0.29, 0.717) is 17.5 Å². The Bertz CT molecular complexity index is 2510. The summed E-state index contributed by atoms with van der Waals surface area (Å²) in [6.45, 7) is 0. The van der Waals surface area contributed by atoms with Gasteiger partial charge in [-0.05, 0) is 47.0 Å². The van der Waals surface area contributed by atoms with E-state index in [9.17, 15) is 0 Å². The van der Waals surface area contributed by atoms with Crippen LogP contribution in [0.2, 0.25) is 0 Å². The van der Waals surface area contributed by atoms with E-state index in [2.05, 4.69) is 83.8 Å². The van der Waals surface area contributed by atoms with Crippen LogP contribution in [0.5, 0.6) is 0 Å². The number of nitrogens with zero attached hydrogens (tertiary/aromatic N) is 4. The summed E-state index contributed by atoms with van der Waals surface area (Å²) in [5, 5.41) is 1.93. The highest BCUT2D eigenvalue weighted by Gasteiger charge is 2.23. The summed E-state index contributed by atoms with van der Waals surface area (Å²) in [7, 11) is 0. The standard InChI is InChI=1S/C44H28N4O/c1-5-14-29(15-6-1)34-26-37(30-16-7-2-8-17-30)40-38(27-34)39-36(24-23-35(41(39)49-40)33-22-13-25-45-28-33)44-47-42(31-18-9-3-10-19-31)46-43(48-44)32-20-11-4-12-21-32/h1-28H. The lowest BCUT2D eigenvalue weighted by atomic mass is 9.93. The van der Waals surface area contributed by atoms with Crippen LogP contribution in [-0.4, -0.2) is 19.9 Å². The Morgan fingerprint density at radius 2 is 0.898 bits per heavy atom. The maximum atomic E-state index is 7.01. The first kappa shape index (κ1) is 28.5. The summed E-state index contributed by atoms with van der Waals surface area (Å²) >= 11 is 0. The van der Waals surface area contributed by atoms with Crippen LogP contribution < -0.4 is 0 Å². The maximum Gasteiger partial charge on any atom is 0.164 e. The van der Waals surface area contributed by atoms with Gasteiger partial charge in [-0.3, -0.25) is 4.98 Å². The van der Waals surface area contributed by atoms with Crippen molar-refractivity contribution < 1.29 is 4.42 Å². The minimum atomic E-state index is 0.574. The van der Waals surface area contributed by atoms with Gasteiger partial charge in [0.05, 0.1) is 0 Å². The Labute approximate surface area is 283 Å². The number of fused-ring (bicyclic) bond motifs is 3. The summed E-state index contributed by atoms with van der Waals surface area (Å²) in [6.07, 6.45) is 3.66. The first-order valence-corrected chi connectivity index (χ1v) is 16.2. The molecule has 0 fully saturated rings. The van der Waals surface area contributed by atoms with Crippen LogP contribution in [0.4, 0.5) is 0 Å². The molecule has 230 valence electrons. The van der Waals surface area contributed by atoms with Crippen molar-refractivity contribution in [2.24, 2.45) is 0 Å². The van der Waals surface area contributed by atoms with E-state index in [1.807, 2.05) is 85.1 Å². The minimum absolute atomic E-state index is 0.574. The predicted octanol–water partition coefficient (Wildman–Crippen LogP) is 11.2. The van der Waals surface area contributed by atoms with E-state index in [1.54, 1.807) is 6.20 Å². The maximum absolute atomic E-state index is 7.01. The Morgan fingerprint density at radius 3 is 1.49 bits per heavy atom. The molecule has 0 saturated carbocycles. The molecule has 3 aromatic heterocycles. The zero-order valence-corrected chi connectivity index (χ0v) is 26.4. The van der Waals surface area contributed by atoms with Crippen LogP contribution >= 0.6 is 0 Å². The molecule has 9 aromatic rings. The summed E-state index contributed by atoms with van der Waals surface area (Å²) in [6, 6.07) is 53.7. The van der Waals surface area contributed by atoms with Gasteiger partial charge in [-0.1, -0.05) is 127 Å². The van der Waals surface area contributed by atoms with Gasteiger partial charge in [0.15, 0.2) is 17.5 Å². The minimum Gasteiger partial charge on any atom is -0.455 e. The topological polar surface area (TPSA) is 64.7 Å². The van der Waals surface area contributed by atoms with Crippen LogP contribution in [-0.2, 0) is 0 Å². The average Bonchev–Trinajstić information content (AvgIpc) is 3.58. The number of hydrogen-bond donors (Lipinski definition) is 0. The zero-order chi connectivity index (χ0) is 32.6. The highest BCUT2D eigenvalue weighted by atomic mass is 16.3. The second kappa shape index (κ2) is 12.1. The third kappa shape index (κ3) is 5.24. The predicted molar refractivity (Wildman–Crippen MR) is 198 cm³/mol. The summed E-state index contributed by atoms with van der Waals surface area (Å²) in [5.41, 5.74) is 10.5. The molecule has 0 aliphatic rings. The first-order valence-electron chi connectivity index (χ1n) is 16.2. The van der Waals surface area contributed by atoms with Crippen molar-refractivity contribution in [3.63, 3.8) is 0 Å². The van der Waals surface area contributed by atoms with Crippen LogP contribution in [0.15, 0.2) is 175 Å². The SMILES string of the molecule is c1ccc(-c2cc(-c3ccccc3)c3oc4c(-c5cccnc5)ccc(-c5nc(-c6ccccc6)nc(-c6ccccc6)n5)c4c3c2)cc1. The van der Waals surface area contributed by atoms with Gasteiger partial charge in [-0.15, -0.1) is 0 Å². The largest absolute Gasteiger partial charge is 0.455 e. The Morgan fingerprint density at radius 1 is 0.367 bits per heavy atom. The molecule has 0 aliphatic heterocycles. The molecule has 5 heteroatoms. The fraction of sp³-hybridized carbons (Fsp3) is 0. The molecular weight excluding hydrogens is 601 g/mol. The van der Waals surface area contributed by atoms with Gasteiger partial charge in [0.2, 0.25) is 0 Å². The monoisotopic (exact) mass is 628 g/mol. The number of hydrogen-bond acceptors (Lipinski definition) is 5. The number of furan rings is 1. The molecule has 0 radical (unpaired) electrons. The van der Waals surface area contributed by atoms with Gasteiger partial charge in [-0.25, -0.2) is 15.0 Å². The third-order valence-corrected chi connectivity index (χ3v) is 8.82. The van der Waals surface area contributed by atoms with Gasteiger partial charge in [-0.2, -0.15) is 0 Å². The molecule has 0 saturated heterocycles. The van der Waals surface area contributed by atoms with Crippen molar-refractivity contribution in [1.29, 1.82) is 0 Å². The van der Waals surface area contributed by atoms with E-state index in [-0.39, 0.29) is 0 Å². The zero-order valence-electron chi connectivity index (χ0n) is 26.4. The molecule has 3 heterocycles. The normalized spacial score (nSPS) is 11.3. The number of rotatable bonds is 6. The number of aromatic nitrogens is 4. The molecule has 9 rings (SSSR count). The molecule has 0 aliphatic carbocycles. The van der Waals surface area contributed by atoms with Gasteiger partial charge in [0, 0.05) is 56.5 Å². The van der Waals surface area contributed by atoms with E-state index < -0.39 is 0 Å². The fourth-order valence-electron chi connectivity index (χ4n) is 6.48. The summed E-state index contributed by atoms with van der Waals surface area (Å²) < 4.78 is 7.01. The van der Waals surface area contributed by atoms with Crippen LogP contribution in [0.3, 0.4) is 0 Å². The molecule has 0 amide bonds. The Balaban J connectivity index is 1.40. The molecule has 6 aromatic carbocycles. The second-order valence-electron chi connectivity index (χ2n) is 11.9. The van der Waals surface area contributed by atoms with E-state index in [1.165, 1.54) is 0 Å². The highest BCUT2D eigenvalue weighted by Crippen LogP contribution is 2.45. The molecule has 0 N–H and O–H groups in total. The van der Waals surface area contributed by atoms with Crippen molar-refractivity contribution in [3.05, 3.63) is 170 Å². The smallest absolute Gasteiger partial charge is 0.164 e. The van der Waals surface area contributed by atoms with Gasteiger partial charge in [0.25, 0.3) is 0 Å². The Kier molecular flexibility index (Phi) is 7.06. The van der Waals surface area contributed by atoms with E-state index in [0.717, 1.165) is 72.0 Å². The molecule has 49 heavy (non-hydrogen) atoms. The van der Waals surface area contributed by atoms with Crippen LogP contribution in [0.1, 0.15) is 0 Å². The highest BCUT2D eigenvalue weighted by molar-refractivity contribution is 6.19. The number of benzene rings is 6. The molecule has 0 bridgehead atoms. The van der Waals surface area contributed by atoms with Gasteiger partial charge < -0.3 is 4.42 Å². The van der Waals surface area contributed by atoms with Crippen molar-refractivity contribution in [2.75, 3.05) is 0 Å². The summed E-state index contributed by atoms with van der Waals surface area (Å²) in [4.78, 5) is 19.6. The second-order valence-corrected chi connectivity index (χ2v) is 11.9. The molecule has 0 atom stereocenters. The number of pyridine rings is 1. The molecule has 0 spiro atoms. The van der Waals surface area contributed by atoms with Crippen LogP contribution in [0.25, 0.3) is 89.5 Å². The van der Waals surface area contributed by atoms with E-state index in [4.69, 9.17) is 19.4 Å². The van der Waals surface area contributed by atoms with Gasteiger partial charge >= 0.3 is 0 Å².